The number of fused-ring (bicyclic) bond motifs is 2. The Morgan fingerprint density at radius 2 is 1.61 bits per heavy atom. The molecule has 2 N–H and O–H groups in total. The van der Waals surface area contributed by atoms with Crippen molar-refractivity contribution in [3.05, 3.63) is 176 Å². The SMILES string of the molecule is COc1cccc(F)c1CN1Cc2cc3c(cc2CC1C(=O)N[C@@H](Cc1ccc(-c2ccc(C#N)cc2)cc1)C(=O)O)OC[C@H](c1ccc(OCc2ccc(Cl)c(Cl)c2)cc1)O3. The van der Waals surface area contributed by atoms with E-state index >= 15 is 4.39 Å². The number of rotatable bonds is 13. The number of carbonyl (C=O) groups excluding carboxylic acids is 1. The lowest BCUT2D eigenvalue weighted by atomic mass is 9.91. The second kappa shape index (κ2) is 18.6. The number of hydrogen-bond acceptors (Lipinski definition) is 8. The second-order valence-electron chi connectivity index (χ2n) is 15.1. The maximum absolute atomic E-state index is 15.4. The lowest BCUT2D eigenvalue weighted by Gasteiger charge is -2.38. The Kier molecular flexibility index (Phi) is 12.6. The van der Waals surface area contributed by atoms with Crippen LogP contribution >= 0.6 is 23.2 Å². The molecule has 0 fully saturated rings. The Morgan fingerprint density at radius 3 is 2.31 bits per heavy atom. The molecule has 314 valence electrons. The van der Waals surface area contributed by atoms with Crippen molar-refractivity contribution < 1.29 is 38.0 Å². The Bertz CT molecular complexity index is 2650. The number of benzene rings is 6. The molecule has 10 nitrogen and oxygen atoms in total. The number of carboxylic acids is 1. The van der Waals surface area contributed by atoms with E-state index in [2.05, 4.69) is 11.4 Å². The van der Waals surface area contributed by atoms with E-state index in [4.69, 9.17) is 47.4 Å². The van der Waals surface area contributed by atoms with E-state index in [-0.39, 0.29) is 38.1 Å². The second-order valence-corrected chi connectivity index (χ2v) is 15.9. The van der Waals surface area contributed by atoms with E-state index in [0.717, 1.165) is 33.4 Å². The summed E-state index contributed by atoms with van der Waals surface area (Å²) < 4.78 is 39.6. The zero-order valence-electron chi connectivity index (χ0n) is 33.4. The Labute approximate surface area is 367 Å². The first-order valence-electron chi connectivity index (χ1n) is 19.8. The standard InChI is InChI=1S/C49H40Cl2FN3O7/c1-59-44-4-2-3-41(52)38(44)26-55-25-36-23-46-45(61-28-47(62-46)34-14-16-37(17-15-34)60-27-31-9-18-39(50)40(51)19-31)22-35(36)21-43(55)48(56)54-42(49(57)58)20-29-5-10-32(11-6-29)33-12-7-30(24-53)8-13-33/h2-19,22-23,42-43,47H,20-21,25-28H2,1H3,(H,54,56)(H,57,58)/t42-,43?,47+/m0/s1. The lowest BCUT2D eigenvalue weighted by Crippen LogP contribution is -2.54. The lowest BCUT2D eigenvalue weighted by molar-refractivity contribution is -0.142. The molecule has 0 saturated carbocycles. The molecule has 0 bridgehead atoms. The number of hydrogen-bond donors (Lipinski definition) is 2. The molecule has 1 unspecified atom stereocenters. The molecule has 6 aromatic rings. The van der Waals surface area contributed by atoms with Gasteiger partial charge in [0.05, 0.1) is 34.8 Å². The quantitative estimate of drug-likeness (QED) is 0.117. The zero-order chi connectivity index (χ0) is 43.3. The molecular weight excluding hydrogens is 832 g/mol. The van der Waals surface area contributed by atoms with Crippen LogP contribution in [-0.4, -0.2) is 47.7 Å². The van der Waals surface area contributed by atoms with Crippen molar-refractivity contribution in [1.29, 1.82) is 5.26 Å². The summed E-state index contributed by atoms with van der Waals surface area (Å²) in [5.74, 6) is -0.128. The van der Waals surface area contributed by atoms with Gasteiger partial charge in [-0.2, -0.15) is 5.26 Å². The van der Waals surface area contributed by atoms with Crippen molar-refractivity contribution in [2.45, 2.75) is 50.7 Å². The van der Waals surface area contributed by atoms with Crippen molar-refractivity contribution in [3.8, 4) is 40.2 Å². The smallest absolute Gasteiger partial charge is 0.326 e. The van der Waals surface area contributed by atoms with Gasteiger partial charge in [-0.3, -0.25) is 9.69 Å². The highest BCUT2D eigenvalue weighted by atomic mass is 35.5. The van der Waals surface area contributed by atoms with Crippen LogP contribution in [0.4, 0.5) is 4.39 Å². The van der Waals surface area contributed by atoms with Gasteiger partial charge in [0.1, 0.15) is 36.6 Å². The summed E-state index contributed by atoms with van der Waals surface area (Å²) in [5.41, 5.74) is 6.81. The van der Waals surface area contributed by atoms with Gasteiger partial charge in [0, 0.05) is 25.1 Å². The van der Waals surface area contributed by atoms with Crippen molar-refractivity contribution in [3.63, 3.8) is 0 Å². The maximum Gasteiger partial charge on any atom is 0.326 e. The fraction of sp³-hybridized carbons (Fsp3) is 0.204. The molecule has 0 aliphatic carbocycles. The van der Waals surface area contributed by atoms with Gasteiger partial charge in [-0.05, 0) is 106 Å². The van der Waals surface area contributed by atoms with E-state index in [1.54, 1.807) is 36.4 Å². The van der Waals surface area contributed by atoms with Crippen molar-refractivity contribution in [1.82, 2.24) is 10.2 Å². The van der Waals surface area contributed by atoms with Gasteiger partial charge >= 0.3 is 5.97 Å². The number of methoxy groups -OCH3 is 1. The molecule has 2 aliphatic heterocycles. The molecule has 0 spiro atoms. The van der Waals surface area contributed by atoms with Gasteiger partial charge < -0.3 is 29.4 Å². The van der Waals surface area contributed by atoms with Crippen LogP contribution in [0.15, 0.2) is 121 Å². The van der Waals surface area contributed by atoms with Gasteiger partial charge in [-0.1, -0.05) is 83.9 Å². The molecule has 8 rings (SSSR count). The molecule has 2 heterocycles. The number of carbonyl (C=O) groups is 2. The van der Waals surface area contributed by atoms with E-state index in [9.17, 15) is 14.7 Å². The summed E-state index contributed by atoms with van der Waals surface area (Å²) in [6.45, 7) is 0.801. The number of nitriles is 1. The van der Waals surface area contributed by atoms with Gasteiger partial charge in [0.25, 0.3) is 0 Å². The molecule has 2 aliphatic rings. The normalized spacial score (nSPS) is 16.0. The van der Waals surface area contributed by atoms with Crippen molar-refractivity contribution in [2.24, 2.45) is 0 Å². The third-order valence-electron chi connectivity index (χ3n) is 11.1. The van der Waals surface area contributed by atoms with Gasteiger partial charge in [-0.25, -0.2) is 9.18 Å². The molecule has 62 heavy (non-hydrogen) atoms. The topological polar surface area (TPSA) is 130 Å². The third-order valence-corrected chi connectivity index (χ3v) is 11.8. The zero-order valence-corrected chi connectivity index (χ0v) is 35.0. The Morgan fingerprint density at radius 1 is 0.903 bits per heavy atom. The highest BCUT2D eigenvalue weighted by molar-refractivity contribution is 6.42. The molecule has 3 atom stereocenters. The van der Waals surface area contributed by atoms with Crippen LogP contribution in [-0.2, 0) is 42.1 Å². The summed E-state index contributed by atoms with van der Waals surface area (Å²) in [5, 5.41) is 23.1. The Hall–Kier alpha value is -6.58. The van der Waals surface area contributed by atoms with Crippen LogP contribution in [0.5, 0.6) is 23.0 Å². The number of amides is 1. The van der Waals surface area contributed by atoms with Gasteiger partial charge in [-0.15, -0.1) is 0 Å². The molecule has 6 aromatic carbocycles. The first-order chi connectivity index (χ1) is 30.0. The van der Waals surface area contributed by atoms with Crippen LogP contribution < -0.4 is 24.3 Å². The molecule has 13 heteroatoms. The monoisotopic (exact) mass is 871 g/mol. The molecular formula is C49H40Cl2FN3O7. The van der Waals surface area contributed by atoms with Crippen molar-refractivity contribution in [2.75, 3.05) is 13.7 Å². The van der Waals surface area contributed by atoms with E-state index in [1.807, 2.05) is 83.8 Å². The summed E-state index contributed by atoms with van der Waals surface area (Å²) in [6, 6.07) is 35.8. The first kappa shape index (κ1) is 42.1. The van der Waals surface area contributed by atoms with E-state index in [0.29, 0.717) is 50.8 Å². The Balaban J connectivity index is 0.990. The number of carboxylic acid groups (broad SMARTS) is 1. The molecule has 1 amide bonds. The largest absolute Gasteiger partial charge is 0.496 e. The van der Waals surface area contributed by atoms with Crippen LogP contribution in [0.25, 0.3) is 11.1 Å². The fourth-order valence-electron chi connectivity index (χ4n) is 7.73. The maximum atomic E-state index is 15.4. The third kappa shape index (κ3) is 9.48. The average Bonchev–Trinajstić information content (AvgIpc) is 3.29. The molecule has 0 saturated heterocycles. The van der Waals surface area contributed by atoms with Gasteiger partial charge in [0.15, 0.2) is 17.6 Å². The summed E-state index contributed by atoms with van der Waals surface area (Å²) in [7, 11) is 1.46. The minimum Gasteiger partial charge on any atom is -0.496 e. The first-order valence-corrected chi connectivity index (χ1v) is 20.6. The van der Waals surface area contributed by atoms with E-state index < -0.39 is 35.9 Å². The minimum absolute atomic E-state index is 0.0124. The van der Waals surface area contributed by atoms with E-state index in [1.165, 1.54) is 13.2 Å². The van der Waals surface area contributed by atoms with Crippen molar-refractivity contribution >= 4 is 35.1 Å². The summed E-state index contributed by atoms with van der Waals surface area (Å²) >= 11 is 12.2. The summed E-state index contributed by atoms with van der Waals surface area (Å²) in [4.78, 5) is 28.7. The number of halogens is 3. The molecule has 0 radical (unpaired) electrons. The predicted molar refractivity (Wildman–Crippen MR) is 232 cm³/mol. The summed E-state index contributed by atoms with van der Waals surface area (Å²) in [6.07, 6.45) is -0.174. The number of nitrogens with zero attached hydrogens (tertiary/aromatic N) is 2. The molecule has 0 aromatic heterocycles. The minimum atomic E-state index is -1.24. The van der Waals surface area contributed by atoms with Crippen LogP contribution in [0, 0.1) is 17.1 Å². The van der Waals surface area contributed by atoms with Crippen LogP contribution in [0.1, 0.15) is 45.0 Å². The van der Waals surface area contributed by atoms with Crippen LogP contribution in [0.2, 0.25) is 10.0 Å². The number of nitrogens with one attached hydrogen (secondary N) is 1. The fourth-order valence-corrected chi connectivity index (χ4v) is 8.05. The predicted octanol–water partition coefficient (Wildman–Crippen LogP) is 9.51. The number of ether oxygens (including phenoxy) is 4. The highest BCUT2D eigenvalue weighted by Gasteiger charge is 2.36. The number of aliphatic carboxylic acids is 1. The van der Waals surface area contributed by atoms with Gasteiger partial charge in [0.2, 0.25) is 5.91 Å². The highest BCUT2D eigenvalue weighted by Crippen LogP contribution is 2.41. The van der Waals surface area contributed by atoms with Crippen LogP contribution in [0.3, 0.4) is 0 Å². The average molecular weight is 873 g/mol.